The Bertz CT molecular complexity index is 330. The van der Waals surface area contributed by atoms with Crippen molar-refractivity contribution in [3.63, 3.8) is 0 Å². The van der Waals surface area contributed by atoms with E-state index in [9.17, 15) is 0 Å². The lowest BCUT2D eigenvalue weighted by Gasteiger charge is -1.96. The number of hydrogen-bond donors (Lipinski definition) is 1. The molecule has 0 radical (unpaired) electrons. The Morgan fingerprint density at radius 1 is 1.27 bits per heavy atom. The Kier molecular flexibility index (Phi) is 2.13. The number of anilines is 1. The lowest BCUT2D eigenvalue weighted by Crippen LogP contribution is -1.97. The first-order valence-electron chi connectivity index (χ1n) is 2.53. The number of halogens is 2. The SMILES string of the molecule is N#Cc1nc(Cl)c(N)nc1Cl. The topological polar surface area (TPSA) is 75.6 Å². The van der Waals surface area contributed by atoms with Crippen molar-refractivity contribution >= 4 is 29.0 Å². The van der Waals surface area contributed by atoms with Gasteiger partial charge in [0.1, 0.15) is 6.07 Å². The van der Waals surface area contributed by atoms with Crippen LogP contribution in [0.5, 0.6) is 0 Å². The van der Waals surface area contributed by atoms with Crippen LogP contribution in [0.1, 0.15) is 5.69 Å². The zero-order chi connectivity index (χ0) is 8.43. The largest absolute Gasteiger partial charge is 0.381 e. The van der Waals surface area contributed by atoms with Crippen molar-refractivity contribution < 1.29 is 0 Å². The fourth-order valence-corrected chi connectivity index (χ4v) is 0.780. The van der Waals surface area contributed by atoms with Crippen molar-refractivity contribution in [1.29, 1.82) is 5.26 Å². The molecule has 0 aliphatic heterocycles. The van der Waals surface area contributed by atoms with Crippen molar-refractivity contribution in [3.05, 3.63) is 16.0 Å². The maximum Gasteiger partial charge on any atom is 0.179 e. The van der Waals surface area contributed by atoms with E-state index in [1.807, 2.05) is 0 Å². The van der Waals surface area contributed by atoms with Gasteiger partial charge in [-0.15, -0.1) is 0 Å². The number of nitrogens with zero attached hydrogens (tertiary/aromatic N) is 3. The molecule has 0 aromatic carbocycles. The quantitative estimate of drug-likeness (QED) is 0.665. The lowest BCUT2D eigenvalue weighted by molar-refractivity contribution is 1.17. The minimum Gasteiger partial charge on any atom is -0.381 e. The van der Waals surface area contributed by atoms with Gasteiger partial charge in [0, 0.05) is 0 Å². The third kappa shape index (κ3) is 1.50. The minimum atomic E-state index is -0.0330. The first-order chi connectivity index (χ1) is 5.15. The standard InChI is InChI=1S/C5H2Cl2N4/c6-3-2(1-8)10-4(7)5(9)11-3/h(H2,9,11). The summed E-state index contributed by atoms with van der Waals surface area (Å²) in [5.41, 5.74) is 5.22. The summed E-state index contributed by atoms with van der Waals surface area (Å²) in [4.78, 5) is 7.15. The van der Waals surface area contributed by atoms with Crippen molar-refractivity contribution in [2.75, 3.05) is 5.73 Å². The summed E-state index contributed by atoms with van der Waals surface area (Å²) in [5, 5.41) is 8.36. The molecule has 0 atom stereocenters. The highest BCUT2D eigenvalue weighted by Gasteiger charge is 2.06. The number of hydrogen-bond acceptors (Lipinski definition) is 4. The van der Waals surface area contributed by atoms with Crippen LogP contribution in [0.4, 0.5) is 5.82 Å². The van der Waals surface area contributed by atoms with E-state index in [0.717, 1.165) is 0 Å². The number of nitriles is 1. The van der Waals surface area contributed by atoms with Gasteiger partial charge in [-0.2, -0.15) is 5.26 Å². The van der Waals surface area contributed by atoms with Crippen LogP contribution in [0, 0.1) is 11.3 Å². The molecule has 0 spiro atoms. The molecule has 1 rings (SSSR count). The van der Waals surface area contributed by atoms with Crippen LogP contribution in [0.15, 0.2) is 0 Å². The Balaban J connectivity index is 3.35. The van der Waals surface area contributed by atoms with E-state index in [2.05, 4.69) is 9.97 Å². The predicted octanol–water partition coefficient (Wildman–Crippen LogP) is 1.24. The molecule has 0 saturated heterocycles. The van der Waals surface area contributed by atoms with Gasteiger partial charge in [0.2, 0.25) is 0 Å². The zero-order valence-corrected chi connectivity index (χ0v) is 6.69. The van der Waals surface area contributed by atoms with Gasteiger partial charge >= 0.3 is 0 Å². The first-order valence-corrected chi connectivity index (χ1v) is 3.29. The van der Waals surface area contributed by atoms with Crippen molar-refractivity contribution in [1.82, 2.24) is 9.97 Å². The van der Waals surface area contributed by atoms with Gasteiger partial charge in [0.15, 0.2) is 21.8 Å². The molecule has 1 aromatic heterocycles. The second-order valence-corrected chi connectivity index (χ2v) is 2.37. The highest BCUT2D eigenvalue weighted by atomic mass is 35.5. The van der Waals surface area contributed by atoms with Gasteiger partial charge in [-0.1, -0.05) is 23.2 Å². The summed E-state index contributed by atoms with van der Waals surface area (Å²) < 4.78 is 0. The smallest absolute Gasteiger partial charge is 0.179 e. The van der Waals surface area contributed by atoms with E-state index in [1.165, 1.54) is 0 Å². The molecule has 0 aliphatic carbocycles. The first kappa shape index (κ1) is 8.05. The van der Waals surface area contributed by atoms with Gasteiger partial charge < -0.3 is 5.73 Å². The normalized spacial score (nSPS) is 9.18. The van der Waals surface area contributed by atoms with E-state index in [1.54, 1.807) is 6.07 Å². The molecule has 2 N–H and O–H groups in total. The van der Waals surface area contributed by atoms with Gasteiger partial charge in [0.25, 0.3) is 0 Å². The van der Waals surface area contributed by atoms with Crippen molar-refractivity contribution in [3.8, 4) is 6.07 Å². The summed E-state index contributed by atoms with van der Waals surface area (Å²) in [6.45, 7) is 0. The summed E-state index contributed by atoms with van der Waals surface area (Å²) in [6, 6.07) is 1.72. The maximum absolute atomic E-state index is 8.40. The number of aromatic nitrogens is 2. The summed E-state index contributed by atoms with van der Waals surface area (Å²) in [6.07, 6.45) is 0. The highest BCUT2D eigenvalue weighted by Crippen LogP contribution is 2.18. The molecular formula is C5H2Cl2N4. The molecule has 0 fully saturated rings. The monoisotopic (exact) mass is 188 g/mol. The van der Waals surface area contributed by atoms with Crippen LogP contribution in [0.25, 0.3) is 0 Å². The van der Waals surface area contributed by atoms with Gasteiger partial charge in [0.05, 0.1) is 0 Å². The van der Waals surface area contributed by atoms with E-state index < -0.39 is 0 Å². The van der Waals surface area contributed by atoms with Gasteiger partial charge in [-0.25, -0.2) is 9.97 Å². The van der Waals surface area contributed by atoms with Crippen LogP contribution in [0.2, 0.25) is 10.3 Å². The van der Waals surface area contributed by atoms with Crippen molar-refractivity contribution in [2.24, 2.45) is 0 Å². The van der Waals surface area contributed by atoms with Crippen LogP contribution < -0.4 is 5.73 Å². The zero-order valence-electron chi connectivity index (χ0n) is 5.17. The maximum atomic E-state index is 8.40. The van der Waals surface area contributed by atoms with Gasteiger partial charge in [-0.05, 0) is 0 Å². The van der Waals surface area contributed by atoms with Crippen LogP contribution >= 0.6 is 23.2 Å². The van der Waals surface area contributed by atoms with E-state index >= 15 is 0 Å². The van der Waals surface area contributed by atoms with E-state index in [0.29, 0.717) is 0 Å². The Morgan fingerprint density at radius 2 is 1.91 bits per heavy atom. The third-order valence-corrected chi connectivity index (χ3v) is 1.48. The molecular weight excluding hydrogens is 187 g/mol. The Hall–Kier alpha value is -1.05. The van der Waals surface area contributed by atoms with Crippen LogP contribution in [-0.2, 0) is 0 Å². The fourth-order valence-electron chi connectivity index (χ4n) is 0.478. The summed E-state index contributed by atoms with van der Waals surface area (Å²) in [5.74, 6) is 0.0238. The second kappa shape index (κ2) is 2.91. The van der Waals surface area contributed by atoms with E-state index in [-0.39, 0.29) is 21.8 Å². The van der Waals surface area contributed by atoms with Gasteiger partial charge in [-0.3, -0.25) is 0 Å². The summed E-state index contributed by atoms with van der Waals surface area (Å²) in [7, 11) is 0. The average molecular weight is 189 g/mol. The number of nitrogen functional groups attached to an aromatic ring is 1. The van der Waals surface area contributed by atoms with Crippen molar-refractivity contribution in [2.45, 2.75) is 0 Å². The fraction of sp³-hybridized carbons (Fsp3) is 0. The number of nitrogens with two attached hydrogens (primary N) is 1. The predicted molar refractivity (Wildman–Crippen MR) is 41.2 cm³/mol. The molecule has 11 heavy (non-hydrogen) atoms. The second-order valence-electron chi connectivity index (χ2n) is 1.65. The van der Waals surface area contributed by atoms with E-state index in [4.69, 9.17) is 34.2 Å². The molecule has 56 valence electrons. The van der Waals surface area contributed by atoms with Crippen LogP contribution in [0.3, 0.4) is 0 Å². The molecule has 0 aliphatic rings. The molecule has 6 heteroatoms. The number of rotatable bonds is 0. The molecule has 0 unspecified atom stereocenters. The highest BCUT2D eigenvalue weighted by molar-refractivity contribution is 6.33. The summed E-state index contributed by atoms with van der Waals surface area (Å²) >= 11 is 10.9. The molecule has 1 aromatic rings. The lowest BCUT2D eigenvalue weighted by atomic mass is 10.5. The Morgan fingerprint density at radius 3 is 2.45 bits per heavy atom. The molecule has 0 bridgehead atoms. The minimum absolute atomic E-state index is 0.00838. The molecule has 0 saturated carbocycles. The third-order valence-electron chi connectivity index (χ3n) is 0.941. The average Bonchev–Trinajstić information content (AvgIpc) is 1.97. The molecule has 4 nitrogen and oxygen atoms in total. The van der Waals surface area contributed by atoms with Crippen LogP contribution in [-0.4, -0.2) is 9.97 Å². The molecule has 0 amide bonds. The molecule has 1 heterocycles. The Labute approximate surface area is 72.6 Å².